The number of nitrogens with two attached hydrogens (primary N) is 1. The second-order valence-corrected chi connectivity index (χ2v) is 7.07. The lowest BCUT2D eigenvalue weighted by Gasteiger charge is -2.09. The SMILES string of the molecule is Nc1c(-c2nc(-c3ccccc3Cl)cs2)nnn1-c1cccc(C(F)(F)F)c1. The maximum absolute atomic E-state index is 13.0. The number of nitrogens with zero attached hydrogens (tertiary/aromatic N) is 4. The summed E-state index contributed by atoms with van der Waals surface area (Å²) in [6, 6.07) is 12.0. The summed E-state index contributed by atoms with van der Waals surface area (Å²) in [7, 11) is 0. The molecule has 2 aromatic carbocycles. The van der Waals surface area contributed by atoms with Gasteiger partial charge in [0.2, 0.25) is 0 Å². The molecule has 5 nitrogen and oxygen atoms in total. The van der Waals surface area contributed by atoms with E-state index in [1.165, 1.54) is 23.5 Å². The van der Waals surface area contributed by atoms with Crippen LogP contribution in [0.15, 0.2) is 53.9 Å². The molecule has 0 saturated heterocycles. The first-order chi connectivity index (χ1) is 13.3. The summed E-state index contributed by atoms with van der Waals surface area (Å²) in [6.45, 7) is 0. The van der Waals surface area contributed by atoms with Gasteiger partial charge in [0.1, 0.15) is 5.01 Å². The lowest BCUT2D eigenvalue weighted by molar-refractivity contribution is -0.137. The Kier molecular flexibility index (Phi) is 4.56. The van der Waals surface area contributed by atoms with Crippen LogP contribution in [0, 0.1) is 0 Å². The molecule has 0 atom stereocenters. The van der Waals surface area contributed by atoms with Crippen LogP contribution in [0.25, 0.3) is 27.6 Å². The summed E-state index contributed by atoms with van der Waals surface area (Å²) < 4.78 is 40.0. The highest BCUT2D eigenvalue weighted by Crippen LogP contribution is 2.35. The van der Waals surface area contributed by atoms with Gasteiger partial charge in [-0.1, -0.05) is 41.1 Å². The lowest BCUT2D eigenvalue weighted by Crippen LogP contribution is -2.08. The van der Waals surface area contributed by atoms with E-state index >= 15 is 0 Å². The molecule has 10 heteroatoms. The summed E-state index contributed by atoms with van der Waals surface area (Å²) in [5, 5.41) is 10.8. The highest BCUT2D eigenvalue weighted by atomic mass is 35.5. The monoisotopic (exact) mass is 421 g/mol. The third kappa shape index (κ3) is 3.34. The van der Waals surface area contributed by atoms with Gasteiger partial charge in [-0.2, -0.15) is 17.9 Å². The summed E-state index contributed by atoms with van der Waals surface area (Å²) in [5.41, 5.74) is 7.17. The van der Waals surface area contributed by atoms with Crippen molar-refractivity contribution in [1.29, 1.82) is 0 Å². The molecule has 0 saturated carbocycles. The molecule has 0 aliphatic carbocycles. The number of hydrogen-bond acceptors (Lipinski definition) is 5. The molecule has 0 aliphatic rings. The summed E-state index contributed by atoms with van der Waals surface area (Å²) in [4.78, 5) is 4.49. The quantitative estimate of drug-likeness (QED) is 0.486. The minimum Gasteiger partial charge on any atom is -0.382 e. The number of alkyl halides is 3. The van der Waals surface area contributed by atoms with E-state index in [0.717, 1.165) is 22.4 Å². The largest absolute Gasteiger partial charge is 0.416 e. The number of benzene rings is 2. The number of rotatable bonds is 3. The number of thiazole rings is 1. The van der Waals surface area contributed by atoms with Crippen LogP contribution in [0.5, 0.6) is 0 Å². The highest BCUT2D eigenvalue weighted by Gasteiger charge is 2.31. The molecule has 2 aromatic heterocycles. The Morgan fingerprint density at radius 3 is 2.61 bits per heavy atom. The molecule has 2 N–H and O–H groups in total. The van der Waals surface area contributed by atoms with Gasteiger partial charge >= 0.3 is 6.18 Å². The first-order valence-electron chi connectivity index (χ1n) is 7.94. The second kappa shape index (κ2) is 6.92. The van der Waals surface area contributed by atoms with Crippen molar-refractivity contribution in [3.8, 4) is 27.6 Å². The minimum absolute atomic E-state index is 0.0967. The van der Waals surface area contributed by atoms with Gasteiger partial charge in [0.25, 0.3) is 0 Å². The number of nitrogen functional groups attached to an aromatic ring is 1. The first kappa shape index (κ1) is 18.5. The molecular formula is C18H11ClF3N5S. The topological polar surface area (TPSA) is 69.6 Å². The Labute approximate surface area is 166 Å². The summed E-state index contributed by atoms with van der Waals surface area (Å²) in [5.74, 6) is 0.0967. The van der Waals surface area contributed by atoms with E-state index in [1.807, 2.05) is 18.2 Å². The zero-order valence-electron chi connectivity index (χ0n) is 14.0. The number of aromatic nitrogens is 4. The van der Waals surface area contributed by atoms with Gasteiger partial charge in [-0.25, -0.2) is 4.98 Å². The Balaban J connectivity index is 1.72. The zero-order valence-corrected chi connectivity index (χ0v) is 15.6. The fourth-order valence-corrected chi connectivity index (χ4v) is 3.66. The summed E-state index contributed by atoms with van der Waals surface area (Å²) >= 11 is 7.49. The van der Waals surface area contributed by atoms with Gasteiger partial charge in [0, 0.05) is 16.0 Å². The van der Waals surface area contributed by atoms with Crippen LogP contribution in [0.1, 0.15) is 5.56 Å². The van der Waals surface area contributed by atoms with Crippen LogP contribution in [0.3, 0.4) is 0 Å². The van der Waals surface area contributed by atoms with Gasteiger partial charge < -0.3 is 5.73 Å². The molecule has 0 aliphatic heterocycles. The van der Waals surface area contributed by atoms with Crippen LogP contribution >= 0.6 is 22.9 Å². The minimum atomic E-state index is -4.46. The molecule has 28 heavy (non-hydrogen) atoms. The third-order valence-corrected chi connectivity index (χ3v) is 5.16. The standard InChI is InChI=1S/C18H11ClF3N5S/c19-13-7-2-1-6-12(13)14-9-28-17(24-14)15-16(23)27(26-25-15)11-5-3-4-10(8-11)18(20,21)22/h1-9H,23H2. The van der Waals surface area contributed by atoms with Crippen molar-refractivity contribution in [2.45, 2.75) is 6.18 Å². The molecule has 0 unspecified atom stereocenters. The van der Waals surface area contributed by atoms with Gasteiger partial charge in [0.05, 0.1) is 16.9 Å². The van der Waals surface area contributed by atoms with Crippen LogP contribution in [0.4, 0.5) is 19.0 Å². The molecule has 142 valence electrons. The van der Waals surface area contributed by atoms with E-state index in [9.17, 15) is 13.2 Å². The number of halogens is 4. The van der Waals surface area contributed by atoms with Crippen molar-refractivity contribution >= 4 is 28.8 Å². The Morgan fingerprint density at radius 2 is 1.86 bits per heavy atom. The Bertz CT molecular complexity index is 1150. The normalized spacial score (nSPS) is 11.7. The third-order valence-electron chi connectivity index (χ3n) is 3.98. The van der Waals surface area contributed by atoms with E-state index in [0.29, 0.717) is 21.4 Å². The average Bonchev–Trinajstić information content (AvgIpc) is 3.28. The zero-order chi connectivity index (χ0) is 19.9. The molecule has 0 bridgehead atoms. The van der Waals surface area contributed by atoms with Crippen molar-refractivity contribution < 1.29 is 13.2 Å². The average molecular weight is 422 g/mol. The number of hydrogen-bond donors (Lipinski definition) is 1. The van der Waals surface area contributed by atoms with Crippen LogP contribution in [-0.2, 0) is 6.18 Å². The molecule has 0 amide bonds. The predicted molar refractivity (Wildman–Crippen MR) is 102 cm³/mol. The molecule has 0 fully saturated rings. The molecule has 4 aromatic rings. The molecule has 0 spiro atoms. The molecule has 4 rings (SSSR count). The number of anilines is 1. The van der Waals surface area contributed by atoms with Crippen molar-refractivity contribution in [3.63, 3.8) is 0 Å². The summed E-state index contributed by atoms with van der Waals surface area (Å²) in [6.07, 6.45) is -4.46. The van der Waals surface area contributed by atoms with Crippen molar-refractivity contribution in [1.82, 2.24) is 20.0 Å². The first-order valence-corrected chi connectivity index (χ1v) is 9.20. The van der Waals surface area contributed by atoms with E-state index in [2.05, 4.69) is 15.3 Å². The van der Waals surface area contributed by atoms with Crippen molar-refractivity contribution in [2.75, 3.05) is 5.73 Å². The van der Waals surface area contributed by atoms with Crippen molar-refractivity contribution in [3.05, 3.63) is 64.5 Å². The highest BCUT2D eigenvalue weighted by molar-refractivity contribution is 7.13. The maximum atomic E-state index is 13.0. The molecule has 2 heterocycles. The molecular weight excluding hydrogens is 411 g/mol. The van der Waals surface area contributed by atoms with Gasteiger partial charge in [0.15, 0.2) is 11.5 Å². The maximum Gasteiger partial charge on any atom is 0.416 e. The van der Waals surface area contributed by atoms with E-state index in [4.69, 9.17) is 17.3 Å². The van der Waals surface area contributed by atoms with Crippen LogP contribution in [0.2, 0.25) is 5.02 Å². The molecule has 0 radical (unpaired) electrons. The smallest absolute Gasteiger partial charge is 0.382 e. The second-order valence-electron chi connectivity index (χ2n) is 5.80. The van der Waals surface area contributed by atoms with Crippen LogP contribution in [-0.4, -0.2) is 20.0 Å². The van der Waals surface area contributed by atoms with E-state index < -0.39 is 11.7 Å². The fraction of sp³-hybridized carbons (Fsp3) is 0.0556. The fourth-order valence-electron chi connectivity index (χ4n) is 2.62. The Morgan fingerprint density at radius 1 is 1.07 bits per heavy atom. The van der Waals surface area contributed by atoms with E-state index in [-0.39, 0.29) is 11.5 Å². The van der Waals surface area contributed by atoms with Crippen LogP contribution < -0.4 is 5.73 Å². The van der Waals surface area contributed by atoms with Gasteiger partial charge in [-0.15, -0.1) is 16.4 Å². The predicted octanol–water partition coefficient (Wildman–Crippen LogP) is 5.31. The van der Waals surface area contributed by atoms with Gasteiger partial charge in [-0.3, -0.25) is 0 Å². The lowest BCUT2D eigenvalue weighted by atomic mass is 10.2. The van der Waals surface area contributed by atoms with Gasteiger partial charge in [-0.05, 0) is 24.3 Å². The van der Waals surface area contributed by atoms with Crippen molar-refractivity contribution in [2.24, 2.45) is 0 Å². The van der Waals surface area contributed by atoms with E-state index in [1.54, 1.807) is 11.4 Å². The Hall–Kier alpha value is -2.91.